The standard InChI is InChI=1S/C23H33N3O4Si/c1-7-30-19(27)14-26-23(28)22-20(21(24-26)16(2)3)17-10-8-9-11-18(17)25(22)15-29-12-13-31(4,5)6/h8-11,16H,7,12-15H2,1-6H3. The summed E-state index contributed by atoms with van der Waals surface area (Å²) in [7, 11) is -1.22. The van der Waals surface area contributed by atoms with Crippen LogP contribution in [0.4, 0.5) is 0 Å². The van der Waals surface area contributed by atoms with Crippen molar-refractivity contribution in [3.05, 3.63) is 40.3 Å². The average molecular weight is 444 g/mol. The second kappa shape index (κ2) is 9.36. The number of para-hydroxylation sites is 1. The first-order valence-electron chi connectivity index (χ1n) is 10.9. The van der Waals surface area contributed by atoms with Crippen molar-refractivity contribution in [2.45, 2.75) is 65.6 Å². The van der Waals surface area contributed by atoms with Crippen molar-refractivity contribution in [2.24, 2.45) is 0 Å². The fraction of sp³-hybridized carbons (Fsp3) is 0.522. The lowest BCUT2D eigenvalue weighted by Gasteiger charge is -2.16. The lowest BCUT2D eigenvalue weighted by molar-refractivity contribution is -0.144. The van der Waals surface area contributed by atoms with Gasteiger partial charge < -0.3 is 14.0 Å². The van der Waals surface area contributed by atoms with E-state index in [0.717, 1.165) is 28.0 Å². The molecule has 0 aliphatic heterocycles. The van der Waals surface area contributed by atoms with Gasteiger partial charge in [-0.1, -0.05) is 51.7 Å². The number of fused-ring (bicyclic) bond motifs is 3. The van der Waals surface area contributed by atoms with Crippen LogP contribution in [0.25, 0.3) is 21.8 Å². The fourth-order valence-electron chi connectivity index (χ4n) is 3.64. The molecule has 2 aromatic heterocycles. The van der Waals surface area contributed by atoms with Gasteiger partial charge in [0.15, 0.2) is 0 Å². The molecule has 3 aromatic rings. The van der Waals surface area contributed by atoms with Gasteiger partial charge in [-0.25, -0.2) is 4.68 Å². The highest BCUT2D eigenvalue weighted by Gasteiger charge is 2.23. The highest BCUT2D eigenvalue weighted by atomic mass is 28.3. The van der Waals surface area contributed by atoms with E-state index in [2.05, 4.69) is 24.7 Å². The van der Waals surface area contributed by atoms with E-state index in [1.54, 1.807) is 6.92 Å². The molecule has 0 radical (unpaired) electrons. The molecule has 1 aromatic carbocycles. The molecular weight excluding hydrogens is 410 g/mol. The maximum atomic E-state index is 13.4. The molecule has 0 aliphatic rings. The number of carbonyl (C=O) groups excluding carboxylic acids is 1. The largest absolute Gasteiger partial charge is 0.465 e. The fourth-order valence-corrected chi connectivity index (χ4v) is 4.40. The van der Waals surface area contributed by atoms with Crippen LogP contribution in [0.15, 0.2) is 29.1 Å². The van der Waals surface area contributed by atoms with Crippen molar-refractivity contribution in [3.63, 3.8) is 0 Å². The predicted octanol–water partition coefficient (Wildman–Crippen LogP) is 4.35. The van der Waals surface area contributed by atoms with Gasteiger partial charge in [0.05, 0.1) is 17.8 Å². The van der Waals surface area contributed by atoms with E-state index in [4.69, 9.17) is 9.47 Å². The molecule has 0 N–H and O–H groups in total. The molecule has 0 spiro atoms. The molecule has 0 aliphatic carbocycles. The zero-order chi connectivity index (χ0) is 22.8. The third kappa shape index (κ3) is 5.07. The second-order valence-electron chi connectivity index (χ2n) is 9.32. The number of ether oxygens (including phenoxy) is 2. The number of hydrogen-bond donors (Lipinski definition) is 0. The Hall–Kier alpha value is -2.45. The van der Waals surface area contributed by atoms with E-state index in [1.165, 1.54) is 4.68 Å². The molecule has 31 heavy (non-hydrogen) atoms. The quantitative estimate of drug-likeness (QED) is 0.279. The molecule has 0 saturated heterocycles. The third-order valence-electron chi connectivity index (χ3n) is 5.24. The molecule has 0 atom stereocenters. The summed E-state index contributed by atoms with van der Waals surface area (Å²) in [6.45, 7) is 13.7. The Morgan fingerprint density at radius 1 is 1.19 bits per heavy atom. The Kier molecular flexibility index (Phi) is 7.01. The Labute approximate surface area is 184 Å². The molecule has 3 rings (SSSR count). The maximum absolute atomic E-state index is 13.4. The Bertz CT molecular complexity index is 1140. The second-order valence-corrected chi connectivity index (χ2v) is 14.9. The van der Waals surface area contributed by atoms with Crippen LogP contribution in [0, 0.1) is 0 Å². The average Bonchev–Trinajstić information content (AvgIpc) is 3.01. The van der Waals surface area contributed by atoms with E-state index >= 15 is 0 Å². The van der Waals surface area contributed by atoms with Crippen molar-refractivity contribution >= 4 is 35.8 Å². The summed E-state index contributed by atoms with van der Waals surface area (Å²) in [5, 5.41) is 6.38. The lowest BCUT2D eigenvalue weighted by Crippen LogP contribution is -2.30. The molecular formula is C23H33N3O4Si. The molecule has 0 unspecified atom stereocenters. The van der Waals surface area contributed by atoms with Crippen molar-refractivity contribution in [3.8, 4) is 0 Å². The van der Waals surface area contributed by atoms with E-state index in [0.29, 0.717) is 12.1 Å². The van der Waals surface area contributed by atoms with Crippen LogP contribution >= 0.6 is 0 Å². The van der Waals surface area contributed by atoms with Crippen molar-refractivity contribution in [2.75, 3.05) is 13.2 Å². The van der Waals surface area contributed by atoms with Crippen molar-refractivity contribution in [1.82, 2.24) is 14.3 Å². The smallest absolute Gasteiger partial charge is 0.327 e. The van der Waals surface area contributed by atoms with E-state index in [-0.39, 0.29) is 31.4 Å². The molecule has 8 heteroatoms. The van der Waals surface area contributed by atoms with Gasteiger partial charge in [-0.2, -0.15) is 5.10 Å². The van der Waals surface area contributed by atoms with Crippen LogP contribution in [0.2, 0.25) is 25.7 Å². The highest BCUT2D eigenvalue weighted by molar-refractivity contribution is 6.76. The normalized spacial score (nSPS) is 12.2. The monoisotopic (exact) mass is 443 g/mol. The number of nitrogens with zero attached hydrogens (tertiary/aromatic N) is 3. The number of rotatable bonds is 9. The van der Waals surface area contributed by atoms with Gasteiger partial charge in [0.1, 0.15) is 18.8 Å². The zero-order valence-corrected chi connectivity index (χ0v) is 20.4. The Balaban J connectivity index is 2.17. The van der Waals surface area contributed by atoms with Crippen LogP contribution in [-0.2, 0) is 27.5 Å². The van der Waals surface area contributed by atoms with Crippen LogP contribution in [-0.4, -0.2) is 41.6 Å². The van der Waals surface area contributed by atoms with Crippen molar-refractivity contribution in [1.29, 1.82) is 0 Å². The number of esters is 1. The van der Waals surface area contributed by atoms with Crippen LogP contribution < -0.4 is 5.56 Å². The first-order chi connectivity index (χ1) is 14.6. The number of hydrogen-bond acceptors (Lipinski definition) is 5. The van der Waals surface area contributed by atoms with Gasteiger partial charge in [0.25, 0.3) is 5.56 Å². The molecule has 0 saturated carbocycles. The zero-order valence-electron chi connectivity index (χ0n) is 19.4. The summed E-state index contributed by atoms with van der Waals surface area (Å²) in [5.41, 5.74) is 1.94. The SMILES string of the molecule is CCOC(=O)Cn1nc(C(C)C)c2c3ccccc3n(COCC[Si](C)(C)C)c2c1=O. The molecule has 0 fully saturated rings. The van der Waals surface area contributed by atoms with Gasteiger partial charge in [0, 0.05) is 25.5 Å². The predicted molar refractivity (Wildman–Crippen MR) is 126 cm³/mol. The first-order valence-corrected chi connectivity index (χ1v) is 14.6. The first kappa shape index (κ1) is 23.2. The molecule has 168 valence electrons. The summed E-state index contributed by atoms with van der Waals surface area (Å²) < 4.78 is 14.2. The van der Waals surface area contributed by atoms with E-state index in [1.807, 2.05) is 42.7 Å². The summed E-state index contributed by atoms with van der Waals surface area (Å²) in [6.07, 6.45) is 0. The summed E-state index contributed by atoms with van der Waals surface area (Å²) in [4.78, 5) is 25.5. The maximum Gasteiger partial charge on any atom is 0.327 e. The van der Waals surface area contributed by atoms with Gasteiger partial charge in [-0.15, -0.1) is 0 Å². The molecule has 0 amide bonds. The van der Waals surface area contributed by atoms with Gasteiger partial charge in [0.2, 0.25) is 0 Å². The molecule has 2 heterocycles. The minimum absolute atomic E-state index is 0.0728. The van der Waals surface area contributed by atoms with Crippen molar-refractivity contribution < 1.29 is 14.3 Å². The summed E-state index contributed by atoms with van der Waals surface area (Å²) in [5.74, 6) is -0.399. The lowest BCUT2D eigenvalue weighted by atomic mass is 10.0. The molecule has 7 nitrogen and oxygen atoms in total. The summed E-state index contributed by atoms with van der Waals surface area (Å²) >= 11 is 0. The van der Waals surface area contributed by atoms with Gasteiger partial charge >= 0.3 is 5.97 Å². The number of aromatic nitrogens is 3. The minimum Gasteiger partial charge on any atom is -0.465 e. The van der Waals surface area contributed by atoms with Crippen LogP contribution in [0.3, 0.4) is 0 Å². The minimum atomic E-state index is -1.22. The topological polar surface area (TPSA) is 75.3 Å². The Morgan fingerprint density at radius 2 is 1.90 bits per heavy atom. The summed E-state index contributed by atoms with van der Waals surface area (Å²) in [6, 6.07) is 8.98. The number of benzene rings is 1. The van der Waals surface area contributed by atoms with E-state index in [9.17, 15) is 9.59 Å². The van der Waals surface area contributed by atoms with Crippen LogP contribution in [0.5, 0.6) is 0 Å². The van der Waals surface area contributed by atoms with Gasteiger partial charge in [-0.05, 0) is 25.0 Å². The van der Waals surface area contributed by atoms with E-state index < -0.39 is 14.0 Å². The number of carbonyl (C=O) groups is 1. The van der Waals surface area contributed by atoms with Crippen LogP contribution in [0.1, 0.15) is 32.4 Å². The third-order valence-corrected chi connectivity index (χ3v) is 6.94. The van der Waals surface area contributed by atoms with Gasteiger partial charge in [-0.3, -0.25) is 9.59 Å². The highest BCUT2D eigenvalue weighted by Crippen LogP contribution is 2.32. The Morgan fingerprint density at radius 3 is 2.55 bits per heavy atom. The molecule has 0 bridgehead atoms.